The van der Waals surface area contributed by atoms with E-state index in [0.717, 1.165) is 15.7 Å². The number of aromatic nitrogens is 4. The van der Waals surface area contributed by atoms with Crippen LogP contribution in [0.4, 0.5) is 0 Å². The average molecular weight is 408 g/mol. The first kappa shape index (κ1) is 16.4. The Labute approximate surface area is 158 Å². The molecule has 1 aromatic carbocycles. The first-order valence-electron chi connectivity index (χ1n) is 8.00. The van der Waals surface area contributed by atoms with E-state index in [9.17, 15) is 4.79 Å². The normalized spacial score (nSPS) is 10.8. The van der Waals surface area contributed by atoms with E-state index in [4.69, 9.17) is 0 Å². The van der Waals surface area contributed by atoms with Gasteiger partial charge in [-0.2, -0.15) is 0 Å². The van der Waals surface area contributed by atoms with Gasteiger partial charge in [0.1, 0.15) is 0 Å². The molecule has 26 heavy (non-hydrogen) atoms. The van der Waals surface area contributed by atoms with Crippen LogP contribution in [0.1, 0.15) is 16.1 Å². The van der Waals surface area contributed by atoms with Crippen molar-refractivity contribution in [1.29, 1.82) is 0 Å². The minimum absolute atomic E-state index is 0.177. The number of fused-ring (bicyclic) bond motifs is 1. The Morgan fingerprint density at radius 1 is 1.08 bits per heavy atom. The highest BCUT2D eigenvalue weighted by Crippen LogP contribution is 2.26. The maximum Gasteiger partial charge on any atom is 0.251 e. The Morgan fingerprint density at radius 3 is 2.73 bits per heavy atom. The van der Waals surface area contributed by atoms with E-state index in [2.05, 4.69) is 36.4 Å². The SMILES string of the molecule is O=C(NCc1ccccn1)c1ccn2c(-c3ccccc3Br)nnc2c1. The Balaban J connectivity index is 1.59. The van der Waals surface area contributed by atoms with Crippen molar-refractivity contribution in [2.24, 2.45) is 0 Å². The Kier molecular flexibility index (Phi) is 4.45. The molecule has 0 aliphatic rings. The molecule has 128 valence electrons. The fourth-order valence-electron chi connectivity index (χ4n) is 2.63. The molecule has 0 saturated carbocycles. The Morgan fingerprint density at radius 2 is 1.92 bits per heavy atom. The summed E-state index contributed by atoms with van der Waals surface area (Å²) in [5.74, 6) is 0.538. The molecule has 3 heterocycles. The van der Waals surface area contributed by atoms with Crippen molar-refractivity contribution < 1.29 is 4.79 Å². The predicted molar refractivity (Wildman–Crippen MR) is 102 cm³/mol. The van der Waals surface area contributed by atoms with Gasteiger partial charge >= 0.3 is 0 Å². The monoisotopic (exact) mass is 407 g/mol. The molecule has 0 spiro atoms. The number of carbonyl (C=O) groups excluding carboxylic acids is 1. The lowest BCUT2D eigenvalue weighted by molar-refractivity contribution is 0.0950. The minimum Gasteiger partial charge on any atom is -0.346 e. The van der Waals surface area contributed by atoms with E-state index in [0.29, 0.717) is 23.6 Å². The third-order valence-electron chi connectivity index (χ3n) is 3.94. The summed E-state index contributed by atoms with van der Waals surface area (Å²) in [6, 6.07) is 16.9. The molecule has 1 amide bonds. The van der Waals surface area contributed by atoms with Gasteiger partial charge in [-0.05, 0) is 30.3 Å². The van der Waals surface area contributed by atoms with Crippen molar-refractivity contribution in [1.82, 2.24) is 24.9 Å². The van der Waals surface area contributed by atoms with Gasteiger partial charge in [0, 0.05) is 28.0 Å². The number of hydrogen-bond donors (Lipinski definition) is 1. The smallest absolute Gasteiger partial charge is 0.251 e. The molecule has 4 aromatic rings. The van der Waals surface area contributed by atoms with Crippen LogP contribution < -0.4 is 5.32 Å². The second-order valence-corrected chi connectivity index (χ2v) is 6.51. The van der Waals surface area contributed by atoms with Gasteiger partial charge in [0.05, 0.1) is 12.2 Å². The lowest BCUT2D eigenvalue weighted by Crippen LogP contribution is -2.23. The topological polar surface area (TPSA) is 72.2 Å². The summed E-state index contributed by atoms with van der Waals surface area (Å²) in [5.41, 5.74) is 2.88. The number of hydrogen-bond acceptors (Lipinski definition) is 4. The molecule has 0 aliphatic carbocycles. The van der Waals surface area contributed by atoms with Gasteiger partial charge in [-0.1, -0.05) is 40.2 Å². The molecule has 0 aliphatic heterocycles. The van der Waals surface area contributed by atoms with Gasteiger partial charge in [0.15, 0.2) is 11.5 Å². The molecule has 0 unspecified atom stereocenters. The van der Waals surface area contributed by atoms with E-state index in [1.54, 1.807) is 24.5 Å². The maximum absolute atomic E-state index is 12.4. The van der Waals surface area contributed by atoms with E-state index in [1.807, 2.05) is 46.9 Å². The van der Waals surface area contributed by atoms with E-state index in [-0.39, 0.29) is 5.91 Å². The van der Waals surface area contributed by atoms with Gasteiger partial charge in [0.25, 0.3) is 5.91 Å². The van der Waals surface area contributed by atoms with Crippen molar-refractivity contribution in [2.45, 2.75) is 6.54 Å². The van der Waals surface area contributed by atoms with E-state index in [1.165, 1.54) is 0 Å². The van der Waals surface area contributed by atoms with Crippen molar-refractivity contribution in [3.8, 4) is 11.4 Å². The van der Waals surface area contributed by atoms with E-state index < -0.39 is 0 Å². The lowest BCUT2D eigenvalue weighted by Gasteiger charge is -2.06. The second-order valence-electron chi connectivity index (χ2n) is 5.65. The molecule has 0 radical (unpaired) electrons. The average Bonchev–Trinajstić information content (AvgIpc) is 3.10. The van der Waals surface area contributed by atoms with Crippen LogP contribution in [0.2, 0.25) is 0 Å². The third kappa shape index (κ3) is 3.21. The summed E-state index contributed by atoms with van der Waals surface area (Å²) in [6.45, 7) is 0.375. The molecule has 4 rings (SSSR count). The molecule has 3 aromatic heterocycles. The van der Waals surface area contributed by atoms with Crippen LogP contribution in [0, 0.1) is 0 Å². The van der Waals surface area contributed by atoms with Crippen LogP contribution >= 0.6 is 15.9 Å². The molecule has 1 N–H and O–H groups in total. The van der Waals surface area contributed by atoms with Crippen LogP contribution in [0.5, 0.6) is 0 Å². The van der Waals surface area contributed by atoms with Gasteiger partial charge < -0.3 is 5.32 Å². The summed E-state index contributed by atoms with van der Waals surface area (Å²) in [4.78, 5) is 16.6. The fourth-order valence-corrected chi connectivity index (χ4v) is 3.10. The third-order valence-corrected chi connectivity index (χ3v) is 4.63. The zero-order chi connectivity index (χ0) is 17.9. The largest absolute Gasteiger partial charge is 0.346 e. The number of nitrogens with zero attached hydrogens (tertiary/aromatic N) is 4. The number of nitrogens with one attached hydrogen (secondary N) is 1. The Bertz CT molecular complexity index is 1080. The first-order valence-corrected chi connectivity index (χ1v) is 8.79. The van der Waals surface area contributed by atoms with Crippen LogP contribution in [0.3, 0.4) is 0 Å². The van der Waals surface area contributed by atoms with Crippen molar-refractivity contribution in [2.75, 3.05) is 0 Å². The number of carbonyl (C=O) groups is 1. The van der Waals surface area contributed by atoms with Gasteiger partial charge in [-0.25, -0.2) is 0 Å². The van der Waals surface area contributed by atoms with Crippen molar-refractivity contribution >= 4 is 27.5 Å². The van der Waals surface area contributed by atoms with Gasteiger partial charge in [-0.15, -0.1) is 10.2 Å². The lowest BCUT2D eigenvalue weighted by atomic mass is 10.2. The molecule has 0 saturated heterocycles. The number of halogens is 1. The van der Waals surface area contributed by atoms with Crippen LogP contribution in [-0.4, -0.2) is 25.5 Å². The highest BCUT2D eigenvalue weighted by atomic mass is 79.9. The van der Waals surface area contributed by atoms with E-state index >= 15 is 0 Å². The van der Waals surface area contributed by atoms with Crippen molar-refractivity contribution in [3.05, 3.63) is 82.7 Å². The molecular weight excluding hydrogens is 394 g/mol. The number of pyridine rings is 2. The van der Waals surface area contributed by atoms with Crippen LogP contribution in [-0.2, 0) is 6.54 Å². The fraction of sp³-hybridized carbons (Fsp3) is 0.0526. The van der Waals surface area contributed by atoms with Crippen molar-refractivity contribution in [3.63, 3.8) is 0 Å². The maximum atomic E-state index is 12.4. The molecule has 0 bridgehead atoms. The highest BCUT2D eigenvalue weighted by molar-refractivity contribution is 9.10. The van der Waals surface area contributed by atoms with Gasteiger partial charge in [-0.3, -0.25) is 14.2 Å². The summed E-state index contributed by atoms with van der Waals surface area (Å²) < 4.78 is 2.79. The quantitative estimate of drug-likeness (QED) is 0.561. The highest BCUT2D eigenvalue weighted by Gasteiger charge is 2.13. The summed E-state index contributed by atoms with van der Waals surface area (Å²) in [6.07, 6.45) is 3.51. The summed E-state index contributed by atoms with van der Waals surface area (Å²) in [7, 11) is 0. The zero-order valence-electron chi connectivity index (χ0n) is 13.6. The van der Waals surface area contributed by atoms with Crippen LogP contribution in [0.15, 0.2) is 71.5 Å². The number of rotatable bonds is 4. The Hall–Kier alpha value is -3.06. The van der Waals surface area contributed by atoms with Crippen LogP contribution in [0.25, 0.3) is 17.0 Å². The minimum atomic E-state index is -0.177. The second kappa shape index (κ2) is 7.05. The number of benzene rings is 1. The number of amides is 1. The molecule has 6 nitrogen and oxygen atoms in total. The predicted octanol–water partition coefficient (Wildman–Crippen LogP) is 3.48. The molecule has 0 atom stereocenters. The summed E-state index contributed by atoms with van der Waals surface area (Å²) >= 11 is 3.53. The molecule has 0 fully saturated rings. The zero-order valence-corrected chi connectivity index (χ0v) is 15.2. The summed E-state index contributed by atoms with van der Waals surface area (Å²) in [5, 5.41) is 11.3. The first-order chi connectivity index (χ1) is 12.7. The molecule has 7 heteroatoms. The standard InChI is InChI=1S/C19H14BrN5O/c20-16-7-2-1-6-15(16)18-24-23-17-11-13(8-10-25(17)18)19(26)22-12-14-5-3-4-9-21-14/h1-11H,12H2,(H,22,26). The molecular formula is C19H14BrN5O. The van der Waals surface area contributed by atoms with Gasteiger partial charge in [0.2, 0.25) is 0 Å².